The Kier molecular flexibility index (Phi) is 2.42. The van der Waals surface area contributed by atoms with Crippen LogP contribution in [0.3, 0.4) is 0 Å². The minimum absolute atomic E-state index is 0.107. The minimum Gasteiger partial charge on any atom is -0.258 e. The van der Waals surface area contributed by atoms with Crippen LogP contribution in [0.25, 0.3) is 0 Å². The van der Waals surface area contributed by atoms with Gasteiger partial charge in [0.2, 0.25) is 0 Å². The summed E-state index contributed by atoms with van der Waals surface area (Å²) in [6, 6.07) is 1.68. The molecule has 0 radical (unpaired) electrons. The van der Waals surface area contributed by atoms with E-state index in [2.05, 4.69) is 18.8 Å². The van der Waals surface area contributed by atoms with Crippen molar-refractivity contribution in [3.8, 4) is 0 Å². The molecule has 4 nitrogen and oxygen atoms in total. The van der Waals surface area contributed by atoms with Gasteiger partial charge in [0.1, 0.15) is 6.20 Å². The highest BCUT2D eigenvalue weighted by molar-refractivity contribution is 5.37. The highest BCUT2D eigenvalue weighted by atomic mass is 16.6. The molecule has 0 bridgehead atoms. The molecule has 4 heteroatoms. The Morgan fingerprint density at radius 1 is 1.53 bits per heavy atom. The second-order valence-corrected chi connectivity index (χ2v) is 4.44. The van der Waals surface area contributed by atoms with E-state index in [-0.39, 0.29) is 10.6 Å². The van der Waals surface area contributed by atoms with Crippen LogP contribution in [-0.4, -0.2) is 9.91 Å². The molecule has 2 rings (SSSR count). The van der Waals surface area contributed by atoms with E-state index in [0.29, 0.717) is 11.8 Å². The molecule has 1 aromatic heterocycles. The van der Waals surface area contributed by atoms with Gasteiger partial charge in [-0.05, 0) is 30.2 Å². The molecule has 0 aromatic carbocycles. The van der Waals surface area contributed by atoms with Crippen molar-refractivity contribution in [3.05, 3.63) is 33.6 Å². The van der Waals surface area contributed by atoms with Gasteiger partial charge in [0.15, 0.2) is 0 Å². The zero-order valence-electron chi connectivity index (χ0n) is 8.93. The molecule has 0 amide bonds. The molecule has 1 aromatic rings. The third-order valence-electron chi connectivity index (χ3n) is 2.99. The summed E-state index contributed by atoms with van der Waals surface area (Å²) in [5, 5.41) is 10.6. The summed E-state index contributed by atoms with van der Waals surface area (Å²) in [5.41, 5.74) is 2.20. The molecule has 2 unspecified atom stereocenters. The first kappa shape index (κ1) is 10.1. The first-order valence-electron chi connectivity index (χ1n) is 5.21. The van der Waals surface area contributed by atoms with E-state index in [1.54, 1.807) is 6.07 Å². The summed E-state index contributed by atoms with van der Waals surface area (Å²) in [7, 11) is 0. The van der Waals surface area contributed by atoms with E-state index < -0.39 is 0 Å². The Balaban J connectivity index is 2.43. The van der Waals surface area contributed by atoms with Crippen molar-refractivity contribution >= 4 is 5.69 Å². The normalized spacial score (nSPS) is 24.7. The van der Waals surface area contributed by atoms with Gasteiger partial charge in [0.25, 0.3) is 5.69 Å². The van der Waals surface area contributed by atoms with Gasteiger partial charge in [-0.3, -0.25) is 15.1 Å². The Hall–Kier alpha value is -1.45. The van der Waals surface area contributed by atoms with Gasteiger partial charge in [0.05, 0.1) is 4.92 Å². The lowest BCUT2D eigenvalue weighted by Crippen LogP contribution is -2.16. The van der Waals surface area contributed by atoms with Gasteiger partial charge >= 0.3 is 0 Å². The van der Waals surface area contributed by atoms with Crippen LogP contribution in [0.2, 0.25) is 0 Å². The van der Waals surface area contributed by atoms with Crippen molar-refractivity contribution in [2.45, 2.75) is 32.6 Å². The van der Waals surface area contributed by atoms with Gasteiger partial charge in [0, 0.05) is 11.8 Å². The smallest absolute Gasteiger partial charge is 0.258 e. The van der Waals surface area contributed by atoms with Gasteiger partial charge in [-0.1, -0.05) is 13.8 Å². The van der Waals surface area contributed by atoms with Gasteiger partial charge in [-0.2, -0.15) is 0 Å². The fourth-order valence-electron chi connectivity index (χ4n) is 2.39. The number of hydrogen-bond acceptors (Lipinski definition) is 3. The van der Waals surface area contributed by atoms with Crippen LogP contribution in [0, 0.1) is 16.0 Å². The molecule has 80 valence electrons. The van der Waals surface area contributed by atoms with Crippen molar-refractivity contribution in [1.29, 1.82) is 0 Å². The van der Waals surface area contributed by atoms with E-state index in [4.69, 9.17) is 0 Å². The van der Waals surface area contributed by atoms with E-state index >= 15 is 0 Å². The Morgan fingerprint density at radius 2 is 2.27 bits per heavy atom. The highest BCUT2D eigenvalue weighted by Gasteiger charge is 2.24. The maximum absolute atomic E-state index is 10.6. The fraction of sp³-hybridized carbons (Fsp3) is 0.545. The molecule has 1 aliphatic rings. The second kappa shape index (κ2) is 3.61. The molecule has 1 aliphatic carbocycles. The van der Waals surface area contributed by atoms with Crippen molar-refractivity contribution < 1.29 is 4.92 Å². The number of nitrogens with zero attached hydrogens (tertiary/aromatic N) is 2. The van der Waals surface area contributed by atoms with Crippen molar-refractivity contribution in [3.63, 3.8) is 0 Å². The number of rotatable bonds is 1. The maximum Gasteiger partial charge on any atom is 0.287 e. The predicted molar refractivity (Wildman–Crippen MR) is 56.8 cm³/mol. The maximum atomic E-state index is 10.6. The van der Waals surface area contributed by atoms with Crippen LogP contribution in [0.1, 0.15) is 37.4 Å². The Labute approximate surface area is 88.5 Å². The largest absolute Gasteiger partial charge is 0.287 e. The van der Waals surface area contributed by atoms with Crippen molar-refractivity contribution in [2.75, 3.05) is 0 Å². The first-order chi connectivity index (χ1) is 7.08. The number of nitro groups is 1. The summed E-state index contributed by atoms with van der Waals surface area (Å²) in [4.78, 5) is 14.5. The molecule has 15 heavy (non-hydrogen) atoms. The number of fused-ring (bicyclic) bond motifs is 1. The van der Waals surface area contributed by atoms with Crippen LogP contribution in [0.5, 0.6) is 0 Å². The molecular weight excluding hydrogens is 192 g/mol. The molecular formula is C11H14N2O2. The van der Waals surface area contributed by atoms with E-state index in [1.807, 2.05) is 0 Å². The lowest BCUT2D eigenvalue weighted by Gasteiger charge is -2.25. The standard InChI is InChI=1S/C11H14N2O2/c1-7-3-8(2)11-9(4-7)5-10(6-12-11)13(14)15/h5-8H,3-4H2,1-2H3. The molecule has 0 fully saturated rings. The van der Waals surface area contributed by atoms with Crippen LogP contribution < -0.4 is 0 Å². The van der Waals surface area contributed by atoms with Crippen LogP contribution in [0.4, 0.5) is 5.69 Å². The zero-order valence-corrected chi connectivity index (χ0v) is 8.93. The molecule has 0 spiro atoms. The topological polar surface area (TPSA) is 56.0 Å². The summed E-state index contributed by atoms with van der Waals surface area (Å²) in [5.74, 6) is 1.01. The monoisotopic (exact) mass is 206 g/mol. The number of aromatic nitrogens is 1. The lowest BCUT2D eigenvalue weighted by atomic mass is 9.81. The highest BCUT2D eigenvalue weighted by Crippen LogP contribution is 2.34. The summed E-state index contributed by atoms with van der Waals surface area (Å²) >= 11 is 0. The Bertz CT molecular complexity index is 404. The molecule has 0 N–H and O–H groups in total. The van der Waals surface area contributed by atoms with E-state index in [1.165, 1.54) is 6.20 Å². The SMILES string of the molecule is CC1Cc2cc([N+](=O)[O-])cnc2C(C)C1. The average molecular weight is 206 g/mol. The molecule has 1 heterocycles. The van der Waals surface area contributed by atoms with Gasteiger partial charge < -0.3 is 0 Å². The van der Waals surface area contributed by atoms with Crippen LogP contribution in [0.15, 0.2) is 12.3 Å². The second-order valence-electron chi connectivity index (χ2n) is 4.44. The number of hydrogen-bond donors (Lipinski definition) is 0. The van der Waals surface area contributed by atoms with E-state index in [0.717, 1.165) is 24.1 Å². The van der Waals surface area contributed by atoms with Crippen LogP contribution in [-0.2, 0) is 6.42 Å². The van der Waals surface area contributed by atoms with E-state index in [9.17, 15) is 10.1 Å². The van der Waals surface area contributed by atoms with Gasteiger partial charge in [-0.25, -0.2) is 0 Å². The molecule has 0 saturated heterocycles. The van der Waals surface area contributed by atoms with Crippen molar-refractivity contribution in [1.82, 2.24) is 4.98 Å². The summed E-state index contributed by atoms with van der Waals surface area (Å²) in [6.45, 7) is 4.31. The average Bonchev–Trinajstić information content (AvgIpc) is 2.16. The predicted octanol–water partition coefficient (Wildman–Crippen LogP) is 2.68. The fourth-order valence-corrected chi connectivity index (χ4v) is 2.39. The van der Waals surface area contributed by atoms with Crippen LogP contribution >= 0.6 is 0 Å². The number of pyridine rings is 1. The van der Waals surface area contributed by atoms with Crippen molar-refractivity contribution in [2.24, 2.45) is 5.92 Å². The minimum atomic E-state index is -0.378. The molecule has 0 aliphatic heterocycles. The molecule has 0 saturated carbocycles. The Morgan fingerprint density at radius 3 is 2.93 bits per heavy atom. The third-order valence-corrected chi connectivity index (χ3v) is 2.99. The third kappa shape index (κ3) is 1.84. The van der Waals surface area contributed by atoms with Gasteiger partial charge in [-0.15, -0.1) is 0 Å². The zero-order chi connectivity index (χ0) is 11.0. The quantitative estimate of drug-likeness (QED) is 0.524. The summed E-state index contributed by atoms with van der Waals surface area (Å²) < 4.78 is 0. The first-order valence-corrected chi connectivity index (χ1v) is 5.21. The summed E-state index contributed by atoms with van der Waals surface area (Å²) in [6.07, 6.45) is 3.40. The molecule has 2 atom stereocenters. The lowest BCUT2D eigenvalue weighted by molar-refractivity contribution is -0.385.